The van der Waals surface area contributed by atoms with E-state index in [0.29, 0.717) is 25.1 Å². The van der Waals surface area contributed by atoms with Crippen LogP contribution in [0.5, 0.6) is 0 Å². The van der Waals surface area contributed by atoms with E-state index in [9.17, 15) is 9.59 Å². The molecule has 0 saturated heterocycles. The smallest absolute Gasteiger partial charge is 0.322 e. The minimum absolute atomic E-state index is 0.0788. The van der Waals surface area contributed by atoms with Crippen LogP contribution in [-0.2, 0) is 9.53 Å². The summed E-state index contributed by atoms with van der Waals surface area (Å²) in [5.41, 5.74) is 3.89. The van der Waals surface area contributed by atoms with E-state index in [1.165, 1.54) is 0 Å². The Bertz CT molecular complexity index is 1010. The molecule has 0 fully saturated rings. The van der Waals surface area contributed by atoms with Crippen LogP contribution in [0.3, 0.4) is 0 Å². The first-order chi connectivity index (χ1) is 14.9. The third kappa shape index (κ3) is 4.21. The van der Waals surface area contributed by atoms with Crippen molar-refractivity contribution in [2.45, 2.75) is 32.7 Å². The summed E-state index contributed by atoms with van der Waals surface area (Å²) in [5, 5.41) is 6.46. The van der Waals surface area contributed by atoms with Crippen LogP contribution in [0.1, 0.15) is 38.3 Å². The zero-order valence-electron chi connectivity index (χ0n) is 18.3. The van der Waals surface area contributed by atoms with Gasteiger partial charge < -0.3 is 15.4 Å². The summed E-state index contributed by atoms with van der Waals surface area (Å²) in [7, 11) is 1.60. The fourth-order valence-electron chi connectivity index (χ4n) is 4.51. The lowest BCUT2D eigenvalue weighted by Crippen LogP contribution is -2.45. The van der Waals surface area contributed by atoms with E-state index in [4.69, 9.17) is 4.74 Å². The molecular weight excluding hydrogens is 390 g/mol. The molecule has 0 bridgehead atoms. The Hall–Kier alpha value is -3.12. The van der Waals surface area contributed by atoms with Crippen LogP contribution in [0.4, 0.5) is 16.2 Å². The number of urea groups is 1. The number of nitrogens with zero attached hydrogens (tertiary/aromatic N) is 1. The van der Waals surface area contributed by atoms with Gasteiger partial charge in [0.05, 0.1) is 24.0 Å². The number of nitrogens with one attached hydrogen (secondary N) is 2. The minimum Gasteiger partial charge on any atom is -0.383 e. The van der Waals surface area contributed by atoms with Gasteiger partial charge in [0.2, 0.25) is 0 Å². The molecule has 1 aliphatic carbocycles. The van der Waals surface area contributed by atoms with E-state index in [2.05, 4.69) is 24.5 Å². The molecule has 162 valence electrons. The molecule has 31 heavy (non-hydrogen) atoms. The number of rotatable bonds is 4. The number of para-hydroxylation sites is 2. The van der Waals surface area contributed by atoms with Crippen LogP contribution in [0.15, 0.2) is 65.9 Å². The van der Waals surface area contributed by atoms with Gasteiger partial charge in [-0.3, -0.25) is 9.69 Å². The van der Waals surface area contributed by atoms with Crippen LogP contribution in [0.25, 0.3) is 0 Å². The lowest BCUT2D eigenvalue weighted by molar-refractivity contribution is -0.118. The van der Waals surface area contributed by atoms with Gasteiger partial charge >= 0.3 is 6.03 Å². The Morgan fingerprint density at radius 2 is 1.84 bits per heavy atom. The highest BCUT2D eigenvalue weighted by molar-refractivity contribution is 6.06. The first-order valence-corrected chi connectivity index (χ1v) is 10.6. The number of allylic oxidation sites excluding steroid dienone is 1. The summed E-state index contributed by atoms with van der Waals surface area (Å²) in [6, 6.07) is 16.7. The first kappa shape index (κ1) is 21.1. The normalized spacial score (nSPS) is 19.8. The van der Waals surface area contributed by atoms with Crippen LogP contribution in [0, 0.1) is 5.41 Å². The Kier molecular flexibility index (Phi) is 5.83. The van der Waals surface area contributed by atoms with Gasteiger partial charge in [-0.25, -0.2) is 4.79 Å². The molecule has 2 aliphatic rings. The molecule has 1 atom stereocenters. The Labute approximate surface area is 183 Å². The highest BCUT2D eigenvalue weighted by Gasteiger charge is 2.43. The molecule has 1 aliphatic heterocycles. The van der Waals surface area contributed by atoms with E-state index in [0.717, 1.165) is 29.1 Å². The number of fused-ring (bicyclic) bond motifs is 1. The molecule has 0 spiro atoms. The van der Waals surface area contributed by atoms with E-state index in [1.54, 1.807) is 12.0 Å². The van der Waals surface area contributed by atoms with Crippen molar-refractivity contribution in [1.29, 1.82) is 0 Å². The topological polar surface area (TPSA) is 70.7 Å². The van der Waals surface area contributed by atoms with Gasteiger partial charge in [0, 0.05) is 31.3 Å². The second-order valence-corrected chi connectivity index (χ2v) is 8.88. The molecule has 0 radical (unpaired) electrons. The summed E-state index contributed by atoms with van der Waals surface area (Å²) in [5.74, 6) is 0.0788. The average Bonchev–Trinajstić information content (AvgIpc) is 2.88. The standard InChI is InChI=1S/C25H29N3O3/c1-25(2)15-19-22(21(29)16-25)23(17-9-5-4-6-10-17)28(24(30)26-13-14-31-3)20-12-8-7-11-18(20)27-19/h4-12,23,27H,13-16H2,1-3H3,(H,26,30)/t23-/m1/s1. The number of amides is 2. The second-order valence-electron chi connectivity index (χ2n) is 8.88. The van der Waals surface area contributed by atoms with E-state index >= 15 is 0 Å². The summed E-state index contributed by atoms with van der Waals surface area (Å²) < 4.78 is 5.10. The number of carbonyl (C=O) groups excluding carboxylic acids is 2. The van der Waals surface area contributed by atoms with E-state index in [-0.39, 0.29) is 17.2 Å². The second kappa shape index (κ2) is 8.55. The maximum Gasteiger partial charge on any atom is 0.322 e. The summed E-state index contributed by atoms with van der Waals surface area (Å²) in [4.78, 5) is 28.7. The lowest BCUT2D eigenvalue weighted by Gasteiger charge is -2.37. The molecule has 2 aromatic carbocycles. The molecule has 4 rings (SSSR count). The van der Waals surface area contributed by atoms with Crippen molar-refractivity contribution in [3.05, 3.63) is 71.4 Å². The van der Waals surface area contributed by atoms with Gasteiger partial charge in [0.1, 0.15) is 0 Å². The number of ether oxygens (including phenoxy) is 1. The maximum atomic E-state index is 13.5. The number of hydrogen-bond acceptors (Lipinski definition) is 4. The molecule has 0 saturated carbocycles. The molecule has 1 heterocycles. The fraction of sp³-hybridized carbons (Fsp3) is 0.360. The summed E-state index contributed by atoms with van der Waals surface area (Å²) >= 11 is 0. The Balaban J connectivity index is 1.91. The van der Waals surface area contributed by atoms with Crippen LogP contribution >= 0.6 is 0 Å². The van der Waals surface area contributed by atoms with Crippen molar-refractivity contribution in [2.24, 2.45) is 5.41 Å². The van der Waals surface area contributed by atoms with Gasteiger partial charge in [-0.2, -0.15) is 0 Å². The minimum atomic E-state index is -0.515. The largest absolute Gasteiger partial charge is 0.383 e. The molecule has 6 heteroatoms. The Morgan fingerprint density at radius 1 is 1.13 bits per heavy atom. The van der Waals surface area contributed by atoms with Crippen LogP contribution < -0.4 is 15.5 Å². The summed E-state index contributed by atoms with van der Waals surface area (Å²) in [6.07, 6.45) is 1.19. The van der Waals surface area contributed by atoms with E-state index in [1.807, 2.05) is 54.6 Å². The SMILES string of the molecule is COCCNC(=O)N1c2ccccc2NC2=C(C(=O)CC(C)(C)C2)[C@H]1c1ccccc1. The third-order valence-electron chi connectivity index (χ3n) is 5.82. The van der Waals surface area contributed by atoms with Crippen molar-refractivity contribution < 1.29 is 14.3 Å². The van der Waals surface area contributed by atoms with Gasteiger partial charge in [-0.1, -0.05) is 56.3 Å². The average molecular weight is 420 g/mol. The molecule has 2 amide bonds. The van der Waals surface area contributed by atoms with Crippen molar-refractivity contribution in [1.82, 2.24) is 5.32 Å². The lowest BCUT2D eigenvalue weighted by atomic mass is 9.73. The zero-order chi connectivity index (χ0) is 22.0. The maximum absolute atomic E-state index is 13.5. The molecular formula is C25H29N3O3. The van der Waals surface area contributed by atoms with Crippen molar-refractivity contribution >= 4 is 23.2 Å². The molecule has 0 unspecified atom stereocenters. The number of benzene rings is 2. The van der Waals surface area contributed by atoms with Gasteiger partial charge in [-0.05, 0) is 29.5 Å². The molecule has 2 aromatic rings. The number of anilines is 2. The highest BCUT2D eigenvalue weighted by Crippen LogP contribution is 2.48. The zero-order valence-corrected chi connectivity index (χ0v) is 18.3. The molecule has 0 aromatic heterocycles. The number of carbonyl (C=O) groups is 2. The van der Waals surface area contributed by atoms with Crippen LogP contribution in [0.2, 0.25) is 0 Å². The van der Waals surface area contributed by atoms with Crippen molar-refractivity contribution in [3.63, 3.8) is 0 Å². The monoisotopic (exact) mass is 419 g/mol. The first-order valence-electron chi connectivity index (χ1n) is 10.6. The predicted octanol–water partition coefficient (Wildman–Crippen LogP) is 4.66. The number of hydrogen-bond donors (Lipinski definition) is 2. The van der Waals surface area contributed by atoms with Gasteiger partial charge in [0.25, 0.3) is 0 Å². The van der Waals surface area contributed by atoms with Crippen LogP contribution in [-0.4, -0.2) is 32.1 Å². The quantitative estimate of drug-likeness (QED) is 0.707. The predicted molar refractivity (Wildman–Crippen MR) is 122 cm³/mol. The van der Waals surface area contributed by atoms with E-state index < -0.39 is 6.04 Å². The fourth-order valence-corrected chi connectivity index (χ4v) is 4.51. The number of Topliss-reactive ketones (excluding diaryl/α,β-unsaturated/α-hetero) is 1. The summed E-state index contributed by atoms with van der Waals surface area (Å²) in [6.45, 7) is 5.02. The number of methoxy groups -OCH3 is 1. The molecule has 6 nitrogen and oxygen atoms in total. The van der Waals surface area contributed by atoms with Crippen molar-refractivity contribution in [3.8, 4) is 0 Å². The Morgan fingerprint density at radius 3 is 2.58 bits per heavy atom. The molecule has 2 N–H and O–H groups in total. The van der Waals surface area contributed by atoms with Gasteiger partial charge in [-0.15, -0.1) is 0 Å². The van der Waals surface area contributed by atoms with Crippen molar-refractivity contribution in [2.75, 3.05) is 30.5 Å². The third-order valence-corrected chi connectivity index (χ3v) is 5.82. The number of ketones is 1. The van der Waals surface area contributed by atoms with Gasteiger partial charge in [0.15, 0.2) is 5.78 Å². The highest BCUT2D eigenvalue weighted by atomic mass is 16.5.